The first-order chi connectivity index (χ1) is 11.4. The van der Waals surface area contributed by atoms with E-state index in [9.17, 15) is 14.9 Å². The number of amides is 1. The number of nitrogens with zero attached hydrogens (tertiary/aromatic N) is 1. The molecule has 0 unspecified atom stereocenters. The van der Waals surface area contributed by atoms with Gasteiger partial charge in [0.05, 0.1) is 12.0 Å². The number of nitrogens with one attached hydrogen (secondary N) is 1. The monoisotopic (exact) mass is 330 g/mol. The third-order valence-corrected chi connectivity index (χ3v) is 3.42. The molecule has 0 saturated heterocycles. The molecule has 0 aliphatic carbocycles. The third-order valence-electron chi connectivity index (χ3n) is 3.42. The van der Waals surface area contributed by atoms with Crippen molar-refractivity contribution in [1.82, 2.24) is 0 Å². The van der Waals surface area contributed by atoms with Gasteiger partial charge in [0.15, 0.2) is 17.6 Å². The number of methoxy groups -OCH3 is 1. The van der Waals surface area contributed by atoms with Crippen LogP contribution in [-0.4, -0.2) is 24.0 Å². The van der Waals surface area contributed by atoms with Gasteiger partial charge in [0, 0.05) is 17.8 Å². The van der Waals surface area contributed by atoms with Crippen LogP contribution in [0.4, 0.5) is 11.4 Å². The van der Waals surface area contributed by atoms with Gasteiger partial charge in [-0.05, 0) is 37.6 Å². The Bertz CT molecular complexity index is 760. The highest BCUT2D eigenvalue weighted by molar-refractivity contribution is 5.94. The molecule has 0 heterocycles. The number of aryl methyl sites for hydroxylation is 1. The van der Waals surface area contributed by atoms with Crippen molar-refractivity contribution < 1.29 is 19.2 Å². The summed E-state index contributed by atoms with van der Waals surface area (Å²) in [4.78, 5) is 22.5. The van der Waals surface area contributed by atoms with E-state index in [1.54, 1.807) is 38.1 Å². The summed E-state index contributed by atoms with van der Waals surface area (Å²) in [6.45, 7) is 3.30. The lowest BCUT2D eigenvalue weighted by molar-refractivity contribution is -0.384. The molecule has 0 aromatic heterocycles. The van der Waals surface area contributed by atoms with Gasteiger partial charge >= 0.3 is 0 Å². The summed E-state index contributed by atoms with van der Waals surface area (Å²) in [5.41, 5.74) is 1.08. The molecule has 1 atom stereocenters. The number of hydrogen-bond acceptors (Lipinski definition) is 5. The van der Waals surface area contributed by atoms with E-state index in [0.717, 1.165) is 0 Å². The Hall–Kier alpha value is -3.09. The fraction of sp³-hybridized carbons (Fsp3) is 0.235. The first-order valence-corrected chi connectivity index (χ1v) is 7.28. The van der Waals surface area contributed by atoms with Crippen molar-refractivity contribution >= 4 is 17.3 Å². The summed E-state index contributed by atoms with van der Waals surface area (Å²) < 4.78 is 10.8. The van der Waals surface area contributed by atoms with E-state index < -0.39 is 11.0 Å². The molecule has 2 aromatic carbocycles. The molecule has 7 nitrogen and oxygen atoms in total. The van der Waals surface area contributed by atoms with Gasteiger partial charge in [-0.25, -0.2) is 0 Å². The van der Waals surface area contributed by atoms with Crippen molar-refractivity contribution in [2.24, 2.45) is 0 Å². The number of nitro benzene ring substituents is 1. The predicted octanol–water partition coefficient (Wildman–Crippen LogP) is 3.32. The SMILES string of the molecule is COc1ccccc1O[C@@H](C)C(=O)Nc1ccc([N+](=O)[O-])cc1C. The Balaban J connectivity index is 2.08. The highest BCUT2D eigenvalue weighted by atomic mass is 16.6. The van der Waals surface area contributed by atoms with Crippen molar-refractivity contribution in [3.05, 3.63) is 58.1 Å². The van der Waals surface area contributed by atoms with Crippen LogP contribution in [0.1, 0.15) is 12.5 Å². The number of anilines is 1. The fourth-order valence-corrected chi connectivity index (χ4v) is 2.10. The van der Waals surface area contributed by atoms with Crippen LogP contribution in [0.2, 0.25) is 0 Å². The molecule has 0 spiro atoms. The first kappa shape index (κ1) is 17.3. The highest BCUT2D eigenvalue weighted by Gasteiger charge is 2.18. The number of benzene rings is 2. The number of rotatable bonds is 6. The summed E-state index contributed by atoms with van der Waals surface area (Å²) in [7, 11) is 1.52. The zero-order valence-electron chi connectivity index (χ0n) is 13.6. The first-order valence-electron chi connectivity index (χ1n) is 7.28. The van der Waals surface area contributed by atoms with E-state index in [1.165, 1.54) is 25.3 Å². The second kappa shape index (κ2) is 7.45. The van der Waals surface area contributed by atoms with E-state index in [0.29, 0.717) is 22.7 Å². The van der Waals surface area contributed by atoms with Gasteiger partial charge in [0.25, 0.3) is 11.6 Å². The van der Waals surface area contributed by atoms with Crippen molar-refractivity contribution in [3.8, 4) is 11.5 Å². The number of hydrogen-bond donors (Lipinski definition) is 1. The molecule has 24 heavy (non-hydrogen) atoms. The molecule has 7 heteroatoms. The minimum atomic E-state index is -0.768. The topological polar surface area (TPSA) is 90.7 Å². The summed E-state index contributed by atoms with van der Waals surface area (Å²) in [6.07, 6.45) is -0.768. The fourth-order valence-electron chi connectivity index (χ4n) is 2.10. The summed E-state index contributed by atoms with van der Waals surface area (Å²) in [5, 5.41) is 13.5. The number of nitro groups is 1. The summed E-state index contributed by atoms with van der Waals surface area (Å²) in [6, 6.07) is 11.3. The van der Waals surface area contributed by atoms with E-state index in [4.69, 9.17) is 9.47 Å². The molecule has 0 radical (unpaired) electrons. The third kappa shape index (κ3) is 4.01. The van der Waals surface area contributed by atoms with Crippen LogP contribution < -0.4 is 14.8 Å². The minimum absolute atomic E-state index is 0.0242. The molecule has 126 valence electrons. The van der Waals surface area contributed by atoms with Gasteiger partial charge in [0.2, 0.25) is 0 Å². The van der Waals surface area contributed by atoms with E-state index in [1.807, 2.05) is 0 Å². The van der Waals surface area contributed by atoms with Gasteiger partial charge in [-0.1, -0.05) is 12.1 Å². The lowest BCUT2D eigenvalue weighted by Crippen LogP contribution is -2.30. The Morgan fingerprint density at radius 2 is 1.88 bits per heavy atom. The molecule has 2 aromatic rings. The van der Waals surface area contributed by atoms with E-state index >= 15 is 0 Å². The Morgan fingerprint density at radius 3 is 2.46 bits per heavy atom. The van der Waals surface area contributed by atoms with Crippen LogP contribution in [0.5, 0.6) is 11.5 Å². The van der Waals surface area contributed by atoms with E-state index in [-0.39, 0.29) is 11.6 Å². The average molecular weight is 330 g/mol. The zero-order valence-corrected chi connectivity index (χ0v) is 13.6. The summed E-state index contributed by atoms with van der Waals surface area (Å²) >= 11 is 0. The maximum Gasteiger partial charge on any atom is 0.269 e. The smallest absolute Gasteiger partial charge is 0.269 e. The molecule has 2 rings (SSSR count). The standard InChI is InChI=1S/C17H18N2O5/c1-11-10-13(19(21)22)8-9-14(11)18-17(20)12(2)24-16-7-5-4-6-15(16)23-3/h4-10,12H,1-3H3,(H,18,20)/t12-/m0/s1. The maximum atomic E-state index is 12.3. The highest BCUT2D eigenvalue weighted by Crippen LogP contribution is 2.27. The molecule has 1 N–H and O–H groups in total. The Morgan fingerprint density at radius 1 is 1.21 bits per heavy atom. The van der Waals surface area contributed by atoms with Gasteiger partial charge in [-0.15, -0.1) is 0 Å². The Kier molecular flexibility index (Phi) is 5.36. The molecular formula is C17H18N2O5. The van der Waals surface area contributed by atoms with Crippen molar-refractivity contribution in [1.29, 1.82) is 0 Å². The number of carbonyl (C=O) groups excluding carboxylic acids is 1. The Labute approximate surface area is 139 Å². The zero-order chi connectivity index (χ0) is 17.7. The predicted molar refractivity (Wildman–Crippen MR) is 89.5 cm³/mol. The second-order valence-electron chi connectivity index (χ2n) is 5.16. The molecule has 0 bridgehead atoms. The molecule has 0 fully saturated rings. The molecular weight excluding hydrogens is 312 g/mol. The van der Waals surface area contributed by atoms with Crippen LogP contribution >= 0.6 is 0 Å². The largest absolute Gasteiger partial charge is 0.493 e. The van der Waals surface area contributed by atoms with Crippen molar-refractivity contribution in [2.75, 3.05) is 12.4 Å². The molecule has 1 amide bonds. The maximum absolute atomic E-state index is 12.3. The van der Waals surface area contributed by atoms with Crippen LogP contribution in [0.3, 0.4) is 0 Å². The molecule has 0 aliphatic heterocycles. The van der Waals surface area contributed by atoms with Crippen LogP contribution in [0, 0.1) is 17.0 Å². The number of para-hydroxylation sites is 2. The van der Waals surface area contributed by atoms with Crippen molar-refractivity contribution in [3.63, 3.8) is 0 Å². The van der Waals surface area contributed by atoms with Gasteiger partial charge in [-0.2, -0.15) is 0 Å². The van der Waals surface area contributed by atoms with E-state index in [2.05, 4.69) is 5.32 Å². The van der Waals surface area contributed by atoms with Crippen molar-refractivity contribution in [2.45, 2.75) is 20.0 Å². The van der Waals surface area contributed by atoms with Gasteiger partial charge in [-0.3, -0.25) is 14.9 Å². The molecule has 0 saturated carbocycles. The quantitative estimate of drug-likeness (QED) is 0.648. The van der Waals surface area contributed by atoms with Gasteiger partial charge < -0.3 is 14.8 Å². The lowest BCUT2D eigenvalue weighted by Gasteiger charge is -2.17. The minimum Gasteiger partial charge on any atom is -0.493 e. The number of ether oxygens (including phenoxy) is 2. The van der Waals surface area contributed by atoms with Crippen LogP contribution in [0.25, 0.3) is 0 Å². The number of carbonyl (C=O) groups is 1. The number of non-ortho nitro benzene ring substituents is 1. The average Bonchev–Trinajstić information content (AvgIpc) is 2.56. The molecule has 0 aliphatic rings. The van der Waals surface area contributed by atoms with Crippen LogP contribution in [-0.2, 0) is 4.79 Å². The second-order valence-corrected chi connectivity index (χ2v) is 5.16. The van der Waals surface area contributed by atoms with Crippen LogP contribution in [0.15, 0.2) is 42.5 Å². The summed E-state index contributed by atoms with van der Waals surface area (Å²) in [5.74, 6) is 0.629. The van der Waals surface area contributed by atoms with Gasteiger partial charge in [0.1, 0.15) is 0 Å². The normalized spacial score (nSPS) is 11.5. The lowest BCUT2D eigenvalue weighted by atomic mass is 10.1.